The molecule has 2 aromatic rings. The van der Waals surface area contributed by atoms with Crippen LogP contribution < -0.4 is 16.4 Å². The SMILES string of the molecule is CN(C(=O)[C@H](CCC(=O)O)NC(=O)[C@]1(Cc2ccc(O)cc2)NC(=O)O1)[C@@H](Cc1ccccc1)C(N)=O. The quantitative estimate of drug-likeness (QED) is 0.268. The fourth-order valence-electron chi connectivity index (χ4n) is 3.96. The number of nitrogens with one attached hydrogen (secondary N) is 2. The summed E-state index contributed by atoms with van der Waals surface area (Å²) in [6.45, 7) is 0. The number of carbonyl (C=O) groups excluding carboxylic acids is 4. The van der Waals surface area contributed by atoms with Crippen LogP contribution >= 0.6 is 0 Å². The van der Waals surface area contributed by atoms with Gasteiger partial charge < -0.3 is 30.9 Å². The van der Waals surface area contributed by atoms with Crippen LogP contribution in [0.25, 0.3) is 0 Å². The fourth-order valence-corrected chi connectivity index (χ4v) is 3.96. The van der Waals surface area contributed by atoms with Crippen LogP contribution in [0.15, 0.2) is 54.6 Å². The molecule has 0 aliphatic carbocycles. The number of hydrogen-bond acceptors (Lipinski definition) is 7. The normalized spacial score (nSPS) is 17.8. The number of amides is 4. The van der Waals surface area contributed by atoms with Gasteiger partial charge in [-0.3, -0.25) is 24.5 Å². The van der Waals surface area contributed by atoms with Gasteiger partial charge in [-0.05, 0) is 29.7 Å². The number of ether oxygens (including phenoxy) is 1. The molecule has 1 fully saturated rings. The van der Waals surface area contributed by atoms with Gasteiger partial charge in [0.15, 0.2) is 0 Å². The number of nitrogens with two attached hydrogens (primary N) is 1. The molecule has 2 aromatic carbocycles. The molecule has 3 rings (SSSR count). The lowest BCUT2D eigenvalue weighted by molar-refractivity contribution is -0.158. The molecule has 4 amide bonds. The molecule has 1 aliphatic rings. The number of aliphatic carboxylic acids is 1. The average molecular weight is 513 g/mol. The zero-order valence-corrected chi connectivity index (χ0v) is 20.0. The van der Waals surface area contributed by atoms with Crippen molar-refractivity contribution in [2.24, 2.45) is 5.73 Å². The van der Waals surface area contributed by atoms with E-state index in [4.69, 9.17) is 15.6 Å². The molecule has 196 valence electrons. The number of phenols is 1. The van der Waals surface area contributed by atoms with E-state index in [-0.39, 0.29) is 25.0 Å². The van der Waals surface area contributed by atoms with Gasteiger partial charge in [0.05, 0.1) is 0 Å². The van der Waals surface area contributed by atoms with Crippen LogP contribution in [0.2, 0.25) is 0 Å². The highest BCUT2D eigenvalue weighted by Gasteiger charge is 2.53. The number of carboxylic acid groups (broad SMARTS) is 1. The first-order valence-electron chi connectivity index (χ1n) is 11.4. The van der Waals surface area contributed by atoms with E-state index in [0.717, 1.165) is 10.5 Å². The number of rotatable bonds is 12. The number of carboxylic acids is 1. The first-order valence-corrected chi connectivity index (χ1v) is 11.4. The van der Waals surface area contributed by atoms with E-state index in [0.29, 0.717) is 5.56 Å². The summed E-state index contributed by atoms with van der Waals surface area (Å²) in [6, 6.07) is 12.3. The Labute approximate surface area is 212 Å². The van der Waals surface area contributed by atoms with E-state index >= 15 is 0 Å². The molecule has 1 saturated heterocycles. The van der Waals surface area contributed by atoms with E-state index in [1.165, 1.54) is 31.3 Å². The highest BCUT2D eigenvalue weighted by molar-refractivity contribution is 5.98. The third kappa shape index (κ3) is 6.75. The van der Waals surface area contributed by atoms with Crippen LogP contribution in [-0.4, -0.2) is 69.8 Å². The van der Waals surface area contributed by atoms with Gasteiger partial charge in [0.2, 0.25) is 11.8 Å². The van der Waals surface area contributed by atoms with E-state index in [2.05, 4.69) is 10.6 Å². The van der Waals surface area contributed by atoms with Crippen LogP contribution in [0.4, 0.5) is 4.79 Å². The Kier molecular flexibility index (Phi) is 8.33. The Balaban J connectivity index is 1.80. The highest BCUT2D eigenvalue weighted by atomic mass is 16.6. The molecule has 0 unspecified atom stereocenters. The van der Waals surface area contributed by atoms with E-state index < -0.39 is 54.0 Å². The van der Waals surface area contributed by atoms with Crippen LogP contribution in [0.3, 0.4) is 0 Å². The van der Waals surface area contributed by atoms with Gasteiger partial charge in [0, 0.05) is 26.3 Å². The maximum absolute atomic E-state index is 13.4. The summed E-state index contributed by atoms with van der Waals surface area (Å²) >= 11 is 0. The molecule has 0 radical (unpaired) electrons. The second-order valence-corrected chi connectivity index (χ2v) is 8.70. The van der Waals surface area contributed by atoms with Gasteiger partial charge in [-0.15, -0.1) is 0 Å². The number of aromatic hydroxyl groups is 1. The molecule has 37 heavy (non-hydrogen) atoms. The van der Waals surface area contributed by atoms with Crippen molar-refractivity contribution in [3.8, 4) is 5.75 Å². The van der Waals surface area contributed by atoms with Crippen molar-refractivity contribution in [1.82, 2.24) is 15.5 Å². The summed E-state index contributed by atoms with van der Waals surface area (Å²) in [5.74, 6) is -3.59. The number of phenolic OH excluding ortho intramolecular Hbond substituents is 1. The summed E-state index contributed by atoms with van der Waals surface area (Å²) in [6.07, 6.45) is -1.61. The summed E-state index contributed by atoms with van der Waals surface area (Å²) in [5.41, 5.74) is 5.00. The van der Waals surface area contributed by atoms with Crippen molar-refractivity contribution in [2.45, 2.75) is 43.5 Å². The van der Waals surface area contributed by atoms with Crippen molar-refractivity contribution in [3.05, 3.63) is 65.7 Å². The zero-order valence-electron chi connectivity index (χ0n) is 20.0. The lowest BCUT2D eigenvalue weighted by atomic mass is 9.98. The molecule has 12 nitrogen and oxygen atoms in total. The van der Waals surface area contributed by atoms with E-state index in [1.807, 2.05) is 0 Å². The topological polar surface area (TPSA) is 188 Å². The van der Waals surface area contributed by atoms with Gasteiger partial charge in [-0.1, -0.05) is 42.5 Å². The lowest BCUT2D eigenvalue weighted by Gasteiger charge is -2.41. The molecule has 3 atom stereocenters. The number of carbonyl (C=O) groups is 5. The van der Waals surface area contributed by atoms with Crippen molar-refractivity contribution < 1.29 is 38.9 Å². The third-order valence-electron chi connectivity index (χ3n) is 5.99. The lowest BCUT2D eigenvalue weighted by Crippen LogP contribution is -2.72. The van der Waals surface area contributed by atoms with Gasteiger partial charge in [0.25, 0.3) is 11.6 Å². The summed E-state index contributed by atoms with van der Waals surface area (Å²) < 4.78 is 5.11. The number of benzene rings is 2. The van der Waals surface area contributed by atoms with Crippen molar-refractivity contribution >= 4 is 29.8 Å². The Morgan fingerprint density at radius 1 is 1.08 bits per heavy atom. The molecule has 1 heterocycles. The molecule has 12 heteroatoms. The van der Waals surface area contributed by atoms with Crippen LogP contribution in [-0.2, 0) is 36.8 Å². The Morgan fingerprint density at radius 2 is 1.70 bits per heavy atom. The van der Waals surface area contributed by atoms with Crippen LogP contribution in [0, 0.1) is 0 Å². The molecular weight excluding hydrogens is 484 g/mol. The molecule has 0 saturated carbocycles. The summed E-state index contributed by atoms with van der Waals surface area (Å²) in [4.78, 5) is 62.7. The largest absolute Gasteiger partial charge is 0.508 e. The minimum absolute atomic E-state index is 0.00249. The summed E-state index contributed by atoms with van der Waals surface area (Å²) in [5, 5.41) is 23.5. The minimum Gasteiger partial charge on any atom is -0.508 e. The zero-order chi connectivity index (χ0) is 27.2. The Bertz CT molecular complexity index is 1160. The first kappa shape index (κ1) is 27.0. The van der Waals surface area contributed by atoms with Crippen molar-refractivity contribution in [2.75, 3.05) is 7.05 Å². The number of hydrogen-bond donors (Lipinski definition) is 5. The predicted octanol–water partition coefficient (Wildman–Crippen LogP) is 0.275. The van der Waals surface area contributed by atoms with Gasteiger partial charge in [0.1, 0.15) is 17.8 Å². The molecular formula is C25H28N4O8. The maximum Gasteiger partial charge on any atom is 0.413 e. The van der Waals surface area contributed by atoms with Crippen LogP contribution in [0.5, 0.6) is 5.75 Å². The number of nitrogens with zero attached hydrogens (tertiary/aromatic N) is 1. The number of likely N-dealkylation sites (N-methyl/N-ethyl adjacent to an activating group) is 1. The summed E-state index contributed by atoms with van der Waals surface area (Å²) in [7, 11) is 1.34. The predicted molar refractivity (Wildman–Crippen MR) is 129 cm³/mol. The van der Waals surface area contributed by atoms with E-state index in [1.54, 1.807) is 30.3 Å². The molecule has 0 bridgehead atoms. The maximum atomic E-state index is 13.4. The Hall–Kier alpha value is -4.61. The second kappa shape index (κ2) is 11.4. The smallest absolute Gasteiger partial charge is 0.413 e. The molecule has 6 N–H and O–H groups in total. The van der Waals surface area contributed by atoms with Crippen molar-refractivity contribution in [3.63, 3.8) is 0 Å². The molecule has 1 aliphatic heterocycles. The molecule has 0 spiro atoms. The second-order valence-electron chi connectivity index (χ2n) is 8.70. The number of primary amides is 1. The van der Waals surface area contributed by atoms with Crippen molar-refractivity contribution in [1.29, 1.82) is 0 Å². The van der Waals surface area contributed by atoms with Gasteiger partial charge in [-0.2, -0.15) is 0 Å². The molecule has 0 aromatic heterocycles. The minimum atomic E-state index is -1.85. The van der Waals surface area contributed by atoms with Gasteiger partial charge >= 0.3 is 12.1 Å². The van der Waals surface area contributed by atoms with E-state index in [9.17, 15) is 29.1 Å². The van der Waals surface area contributed by atoms with Crippen LogP contribution in [0.1, 0.15) is 24.0 Å². The first-order chi connectivity index (χ1) is 17.5. The van der Waals surface area contributed by atoms with Gasteiger partial charge in [-0.25, -0.2) is 4.79 Å². The standard InChI is InChI=1S/C25H28N4O8/c1-29(19(21(26)33)13-15-5-3-2-4-6-15)22(34)18(11-12-20(31)32)27-23(35)25(28-24(36)37-25)14-16-7-9-17(30)10-8-16/h2-10,18-19,30H,11-14H2,1H3,(H2,26,33)(H,27,35)(H,28,36)(H,31,32)/t18-,19-,25+/m0/s1. The monoisotopic (exact) mass is 512 g/mol. The Morgan fingerprint density at radius 3 is 2.24 bits per heavy atom. The highest BCUT2D eigenvalue weighted by Crippen LogP contribution is 2.25. The third-order valence-corrected chi connectivity index (χ3v) is 5.99. The fraction of sp³-hybridized carbons (Fsp3) is 0.320. The number of cyclic esters (lactones) is 1. The average Bonchev–Trinajstić information content (AvgIpc) is 2.84.